The van der Waals surface area contributed by atoms with E-state index in [1.807, 2.05) is 55.5 Å². The molecular weight excluding hydrogens is 396 g/mol. The molecule has 2 rings (SSSR count). The smallest absolute Gasteiger partial charge is 0.165 e. The Kier molecular flexibility index (Phi) is 8.75. The van der Waals surface area contributed by atoms with Crippen LogP contribution in [0.3, 0.4) is 0 Å². The van der Waals surface area contributed by atoms with Crippen LogP contribution >= 0.6 is 0 Å². The van der Waals surface area contributed by atoms with E-state index < -0.39 is 21.2 Å². The predicted molar refractivity (Wildman–Crippen MR) is 122 cm³/mol. The third-order valence-electron chi connectivity index (χ3n) is 4.78. The zero-order valence-corrected chi connectivity index (χ0v) is 18.7. The summed E-state index contributed by atoms with van der Waals surface area (Å²) in [6, 6.07) is 18.7. The van der Waals surface area contributed by atoms with Gasteiger partial charge in [0.25, 0.3) is 0 Å². The minimum absolute atomic E-state index is 0.0427. The lowest BCUT2D eigenvalue weighted by molar-refractivity contribution is 0.0530. The SMILES string of the molecule is C=C(C)CS(=O)(=O)[C@@H](C)/C=C(/C)[C@@H](CC(=O)c1ccccc1)OCc1ccccc1. The molecule has 0 aliphatic rings. The molecule has 0 saturated heterocycles. The third-order valence-corrected chi connectivity index (χ3v) is 6.94. The van der Waals surface area contributed by atoms with E-state index in [1.165, 1.54) is 0 Å². The molecule has 0 saturated carbocycles. The summed E-state index contributed by atoms with van der Waals surface area (Å²) in [6.45, 7) is 9.21. The molecule has 2 aromatic carbocycles. The predicted octanol–water partition coefficient (Wildman–Crippen LogP) is 5.17. The van der Waals surface area contributed by atoms with Crippen LogP contribution in [0.4, 0.5) is 0 Å². The first-order valence-corrected chi connectivity index (χ1v) is 11.7. The Morgan fingerprint density at radius 2 is 1.60 bits per heavy atom. The van der Waals surface area contributed by atoms with E-state index in [1.54, 1.807) is 32.1 Å². The quantitative estimate of drug-likeness (QED) is 0.367. The number of hydrogen-bond acceptors (Lipinski definition) is 4. The van der Waals surface area contributed by atoms with Gasteiger partial charge in [-0.1, -0.05) is 78.9 Å². The Morgan fingerprint density at radius 1 is 1.03 bits per heavy atom. The summed E-state index contributed by atoms with van der Waals surface area (Å²) < 4.78 is 31.1. The zero-order chi connectivity index (χ0) is 22.1. The highest BCUT2D eigenvalue weighted by molar-refractivity contribution is 7.92. The Morgan fingerprint density at radius 3 is 2.17 bits per heavy atom. The zero-order valence-electron chi connectivity index (χ0n) is 17.9. The summed E-state index contributed by atoms with van der Waals surface area (Å²) in [5.41, 5.74) is 2.93. The molecule has 0 unspecified atom stereocenters. The Hall–Kier alpha value is -2.50. The van der Waals surface area contributed by atoms with Crippen LogP contribution < -0.4 is 0 Å². The highest BCUT2D eigenvalue weighted by Crippen LogP contribution is 2.19. The maximum atomic E-state index is 12.8. The summed E-state index contributed by atoms with van der Waals surface area (Å²) >= 11 is 0. The molecule has 2 atom stereocenters. The average Bonchev–Trinajstić information content (AvgIpc) is 2.71. The molecule has 0 aromatic heterocycles. The maximum absolute atomic E-state index is 12.8. The summed E-state index contributed by atoms with van der Waals surface area (Å²) in [7, 11) is -3.35. The van der Waals surface area contributed by atoms with Gasteiger partial charge < -0.3 is 4.74 Å². The molecule has 0 heterocycles. The van der Waals surface area contributed by atoms with Crippen molar-refractivity contribution in [3.63, 3.8) is 0 Å². The highest BCUT2D eigenvalue weighted by Gasteiger charge is 2.23. The second kappa shape index (κ2) is 11.0. The third kappa shape index (κ3) is 7.39. The standard InChI is InChI=1S/C25H30O4S/c1-19(2)18-30(27,28)21(4)15-20(3)25(29-17-22-11-7-5-8-12-22)16-24(26)23-13-9-6-10-14-23/h5-15,21,25H,1,16-18H2,2-4H3/b20-15-/t21-,25+/m0/s1. The summed E-state index contributed by atoms with van der Waals surface area (Å²) in [6.07, 6.45) is 1.32. The number of carbonyl (C=O) groups is 1. The van der Waals surface area contributed by atoms with Gasteiger partial charge in [-0.25, -0.2) is 8.42 Å². The average molecular weight is 427 g/mol. The van der Waals surface area contributed by atoms with Gasteiger partial charge in [0.1, 0.15) is 0 Å². The van der Waals surface area contributed by atoms with Crippen molar-refractivity contribution < 1.29 is 17.9 Å². The first-order valence-electron chi connectivity index (χ1n) is 9.97. The van der Waals surface area contributed by atoms with Crippen LogP contribution in [0, 0.1) is 0 Å². The molecule has 0 radical (unpaired) electrons. The van der Waals surface area contributed by atoms with Crippen LogP contribution in [0.2, 0.25) is 0 Å². The molecular formula is C25H30O4S. The van der Waals surface area contributed by atoms with E-state index in [0.717, 1.165) is 11.1 Å². The minimum Gasteiger partial charge on any atom is -0.369 e. The molecule has 30 heavy (non-hydrogen) atoms. The number of benzene rings is 2. The number of rotatable bonds is 11. The molecule has 5 heteroatoms. The van der Waals surface area contributed by atoms with Crippen molar-refractivity contribution in [2.45, 2.75) is 45.2 Å². The monoisotopic (exact) mass is 426 g/mol. The normalized spacial score (nSPS) is 14.2. The summed E-state index contributed by atoms with van der Waals surface area (Å²) in [4.78, 5) is 12.8. The van der Waals surface area contributed by atoms with Gasteiger partial charge in [0.05, 0.1) is 23.7 Å². The molecule has 0 aliphatic carbocycles. The van der Waals surface area contributed by atoms with E-state index in [9.17, 15) is 13.2 Å². The first kappa shape index (κ1) is 23.8. The fourth-order valence-electron chi connectivity index (χ4n) is 3.09. The molecule has 0 aliphatic heterocycles. The second-order valence-corrected chi connectivity index (χ2v) is 10.0. The summed E-state index contributed by atoms with van der Waals surface area (Å²) in [5, 5.41) is -0.691. The minimum atomic E-state index is -3.35. The lowest BCUT2D eigenvalue weighted by atomic mass is 10.00. The Balaban J connectivity index is 2.22. The number of Topliss-reactive ketones (excluding diaryl/α,β-unsaturated/α-hetero) is 1. The van der Waals surface area contributed by atoms with Crippen molar-refractivity contribution >= 4 is 15.6 Å². The molecule has 160 valence electrons. The molecule has 0 N–H and O–H groups in total. The number of hydrogen-bond donors (Lipinski definition) is 0. The summed E-state index contributed by atoms with van der Waals surface area (Å²) in [5.74, 6) is -0.102. The van der Waals surface area contributed by atoms with Crippen LogP contribution in [0.1, 0.15) is 43.1 Å². The van der Waals surface area contributed by atoms with Crippen molar-refractivity contribution in [1.29, 1.82) is 0 Å². The Labute approximate surface area is 180 Å². The van der Waals surface area contributed by atoms with Crippen molar-refractivity contribution in [3.05, 3.63) is 95.6 Å². The van der Waals surface area contributed by atoms with Crippen LogP contribution in [0.25, 0.3) is 0 Å². The van der Waals surface area contributed by atoms with Crippen molar-refractivity contribution in [2.24, 2.45) is 0 Å². The van der Waals surface area contributed by atoms with Crippen LogP contribution in [0.15, 0.2) is 84.5 Å². The van der Waals surface area contributed by atoms with E-state index in [4.69, 9.17) is 4.74 Å². The van der Waals surface area contributed by atoms with Gasteiger partial charge in [-0.15, -0.1) is 0 Å². The van der Waals surface area contributed by atoms with Gasteiger partial charge in [-0.05, 0) is 31.9 Å². The van der Waals surface area contributed by atoms with Gasteiger partial charge in [0, 0.05) is 12.0 Å². The fraction of sp³-hybridized carbons (Fsp3) is 0.320. The highest BCUT2D eigenvalue weighted by atomic mass is 32.2. The largest absolute Gasteiger partial charge is 0.369 e. The molecule has 0 spiro atoms. The van der Waals surface area contributed by atoms with Gasteiger partial charge in [-0.2, -0.15) is 0 Å². The lowest BCUT2D eigenvalue weighted by Gasteiger charge is -2.20. The van der Waals surface area contributed by atoms with Gasteiger partial charge in [0.2, 0.25) is 0 Å². The van der Waals surface area contributed by atoms with Gasteiger partial charge in [-0.3, -0.25) is 4.79 Å². The number of ketones is 1. The Bertz CT molecular complexity index is 976. The number of ether oxygens (including phenoxy) is 1. The van der Waals surface area contributed by atoms with Crippen LogP contribution in [-0.2, 0) is 21.2 Å². The molecule has 2 aromatic rings. The maximum Gasteiger partial charge on any atom is 0.165 e. The number of sulfone groups is 1. The lowest BCUT2D eigenvalue weighted by Crippen LogP contribution is -2.24. The van der Waals surface area contributed by atoms with Crippen molar-refractivity contribution in [2.75, 3.05) is 5.75 Å². The van der Waals surface area contributed by atoms with Crippen LogP contribution in [0.5, 0.6) is 0 Å². The topological polar surface area (TPSA) is 60.4 Å². The molecule has 0 bridgehead atoms. The molecule has 0 fully saturated rings. The van der Waals surface area contributed by atoms with E-state index in [2.05, 4.69) is 6.58 Å². The van der Waals surface area contributed by atoms with Crippen LogP contribution in [-0.4, -0.2) is 31.3 Å². The van der Waals surface area contributed by atoms with Crippen molar-refractivity contribution in [3.8, 4) is 0 Å². The fourth-order valence-corrected chi connectivity index (χ4v) is 4.46. The number of carbonyl (C=O) groups excluding carboxylic acids is 1. The van der Waals surface area contributed by atoms with Gasteiger partial charge >= 0.3 is 0 Å². The molecule has 4 nitrogen and oxygen atoms in total. The van der Waals surface area contributed by atoms with E-state index >= 15 is 0 Å². The van der Waals surface area contributed by atoms with E-state index in [0.29, 0.717) is 17.7 Å². The van der Waals surface area contributed by atoms with Crippen molar-refractivity contribution in [1.82, 2.24) is 0 Å². The first-order chi connectivity index (χ1) is 14.2. The van der Waals surface area contributed by atoms with Gasteiger partial charge in [0.15, 0.2) is 15.6 Å². The van der Waals surface area contributed by atoms with E-state index in [-0.39, 0.29) is 18.0 Å². The second-order valence-electron chi connectivity index (χ2n) is 7.66. The molecule has 0 amide bonds.